The molecule has 0 bridgehead atoms. The number of halogens is 2. The molecule has 8 heteroatoms. The highest BCUT2D eigenvalue weighted by atomic mass is 35.5. The topological polar surface area (TPSA) is 84.5 Å². The molecule has 1 aromatic rings. The first-order valence-electron chi connectivity index (χ1n) is 6.10. The molecule has 1 aliphatic rings. The molecule has 3 amide bonds. The number of nitrogens with one attached hydrogen (secondary N) is 2. The number of hydrogen-bond donors (Lipinski definition) is 2. The van der Waals surface area contributed by atoms with Gasteiger partial charge in [-0.3, -0.25) is 19.7 Å². The van der Waals surface area contributed by atoms with Gasteiger partial charge in [0.25, 0.3) is 5.91 Å². The molecule has 1 saturated heterocycles. The van der Waals surface area contributed by atoms with Crippen molar-refractivity contribution in [1.82, 2.24) is 10.6 Å². The van der Waals surface area contributed by atoms with Gasteiger partial charge in [0.05, 0.1) is 22.7 Å². The zero-order valence-corrected chi connectivity index (χ0v) is 12.5. The first kappa shape index (κ1) is 15.6. The third-order valence-corrected chi connectivity index (χ3v) is 3.75. The predicted molar refractivity (Wildman–Crippen MR) is 76.7 cm³/mol. The molecule has 0 radical (unpaired) electrons. The van der Waals surface area contributed by atoms with E-state index in [0.717, 1.165) is 0 Å². The van der Waals surface area contributed by atoms with Gasteiger partial charge in [-0.2, -0.15) is 0 Å². The summed E-state index contributed by atoms with van der Waals surface area (Å²) >= 11 is 11.7. The van der Waals surface area contributed by atoms with Crippen LogP contribution in [0.15, 0.2) is 12.1 Å². The maximum atomic E-state index is 12.2. The van der Waals surface area contributed by atoms with E-state index in [1.54, 1.807) is 0 Å². The summed E-state index contributed by atoms with van der Waals surface area (Å²) in [7, 11) is 1.39. The van der Waals surface area contributed by atoms with Crippen LogP contribution in [0.3, 0.4) is 0 Å². The Hall–Kier alpha value is -1.79. The molecular formula is C13H12Cl2N2O4. The molecule has 0 spiro atoms. The second-order valence-electron chi connectivity index (χ2n) is 4.44. The van der Waals surface area contributed by atoms with Crippen LogP contribution in [-0.2, 0) is 9.59 Å². The molecule has 0 saturated carbocycles. The highest BCUT2D eigenvalue weighted by molar-refractivity contribution is 6.42. The van der Waals surface area contributed by atoms with Crippen molar-refractivity contribution in [3.05, 3.63) is 27.7 Å². The van der Waals surface area contributed by atoms with Crippen LogP contribution in [0.2, 0.25) is 10.0 Å². The van der Waals surface area contributed by atoms with Gasteiger partial charge in [0, 0.05) is 12.5 Å². The lowest BCUT2D eigenvalue weighted by Crippen LogP contribution is -2.52. The average Bonchev–Trinajstić information content (AvgIpc) is 2.44. The molecule has 2 N–H and O–H groups in total. The van der Waals surface area contributed by atoms with Gasteiger partial charge in [0.15, 0.2) is 0 Å². The van der Waals surface area contributed by atoms with Gasteiger partial charge in [-0.15, -0.1) is 0 Å². The number of carbonyl (C=O) groups excluding carboxylic acids is 3. The summed E-state index contributed by atoms with van der Waals surface area (Å²) in [5.74, 6) is -1.16. The minimum Gasteiger partial charge on any atom is -0.496 e. The van der Waals surface area contributed by atoms with E-state index < -0.39 is 17.9 Å². The van der Waals surface area contributed by atoms with Gasteiger partial charge in [0.2, 0.25) is 11.8 Å². The Bertz CT molecular complexity index is 618. The molecule has 1 aromatic carbocycles. The summed E-state index contributed by atoms with van der Waals surface area (Å²) in [6.45, 7) is 0. The lowest BCUT2D eigenvalue weighted by molar-refractivity contribution is -0.134. The Morgan fingerprint density at radius 2 is 2.00 bits per heavy atom. The number of ether oxygens (including phenoxy) is 1. The Morgan fingerprint density at radius 3 is 2.62 bits per heavy atom. The second kappa shape index (κ2) is 6.32. The fourth-order valence-electron chi connectivity index (χ4n) is 1.94. The Kier molecular flexibility index (Phi) is 4.69. The maximum Gasteiger partial charge on any atom is 0.255 e. The van der Waals surface area contributed by atoms with Gasteiger partial charge < -0.3 is 10.1 Å². The van der Waals surface area contributed by atoms with Crippen molar-refractivity contribution >= 4 is 40.9 Å². The summed E-state index contributed by atoms with van der Waals surface area (Å²) in [5, 5.41) is 5.16. The third-order valence-electron chi connectivity index (χ3n) is 3.03. The average molecular weight is 331 g/mol. The van der Waals surface area contributed by atoms with Crippen LogP contribution in [0.25, 0.3) is 0 Å². The van der Waals surface area contributed by atoms with Crippen molar-refractivity contribution in [2.45, 2.75) is 18.9 Å². The molecule has 6 nitrogen and oxygen atoms in total. The third kappa shape index (κ3) is 3.46. The largest absolute Gasteiger partial charge is 0.496 e. The standard InChI is InChI=1S/C13H12Cl2N2O4/c1-21-10-5-8(15)7(14)4-6(10)12(19)16-9-2-3-11(18)17-13(9)20/h4-5,9H,2-3H2,1H3,(H,16,19)(H,17,18,20). The highest BCUT2D eigenvalue weighted by Crippen LogP contribution is 2.30. The summed E-state index contributed by atoms with van der Waals surface area (Å²) in [6, 6.07) is 2.02. The molecule has 0 aromatic heterocycles. The Balaban J connectivity index is 2.19. The quantitative estimate of drug-likeness (QED) is 0.823. The minimum atomic E-state index is -0.769. The number of methoxy groups -OCH3 is 1. The zero-order valence-electron chi connectivity index (χ0n) is 11.0. The molecule has 21 heavy (non-hydrogen) atoms. The molecule has 1 heterocycles. The number of benzene rings is 1. The molecule has 1 unspecified atom stereocenters. The number of rotatable bonds is 3. The lowest BCUT2D eigenvalue weighted by Gasteiger charge is -2.22. The fraction of sp³-hybridized carbons (Fsp3) is 0.308. The van der Waals surface area contributed by atoms with Gasteiger partial charge in [-0.25, -0.2) is 0 Å². The van der Waals surface area contributed by atoms with Crippen molar-refractivity contribution in [1.29, 1.82) is 0 Å². The first-order chi connectivity index (χ1) is 9.92. The van der Waals surface area contributed by atoms with Crippen LogP contribution in [0.1, 0.15) is 23.2 Å². The summed E-state index contributed by atoms with van der Waals surface area (Å²) in [6.07, 6.45) is 0.426. The Labute approximate surface area is 130 Å². The van der Waals surface area contributed by atoms with E-state index in [0.29, 0.717) is 0 Å². The van der Waals surface area contributed by atoms with Crippen molar-refractivity contribution in [3.63, 3.8) is 0 Å². The van der Waals surface area contributed by atoms with E-state index >= 15 is 0 Å². The smallest absolute Gasteiger partial charge is 0.255 e. The van der Waals surface area contributed by atoms with Crippen LogP contribution in [0, 0.1) is 0 Å². The van der Waals surface area contributed by atoms with Crippen LogP contribution in [0.4, 0.5) is 0 Å². The SMILES string of the molecule is COc1cc(Cl)c(Cl)cc1C(=O)NC1CCC(=O)NC1=O. The van der Waals surface area contributed by atoms with E-state index in [-0.39, 0.29) is 40.1 Å². The lowest BCUT2D eigenvalue weighted by atomic mass is 10.1. The minimum absolute atomic E-state index is 0.164. The summed E-state index contributed by atoms with van der Waals surface area (Å²) in [5.41, 5.74) is 0.164. The Morgan fingerprint density at radius 1 is 1.33 bits per heavy atom. The summed E-state index contributed by atoms with van der Waals surface area (Å²) in [4.78, 5) is 34.9. The number of hydrogen-bond acceptors (Lipinski definition) is 4. The molecule has 1 fully saturated rings. The first-order valence-corrected chi connectivity index (χ1v) is 6.85. The number of carbonyl (C=O) groups is 3. The fourth-order valence-corrected chi connectivity index (χ4v) is 2.26. The monoisotopic (exact) mass is 330 g/mol. The van der Waals surface area contributed by atoms with Crippen LogP contribution >= 0.6 is 23.2 Å². The van der Waals surface area contributed by atoms with E-state index in [2.05, 4.69) is 10.6 Å². The number of amides is 3. The van der Waals surface area contributed by atoms with Gasteiger partial charge in [-0.05, 0) is 12.5 Å². The molecular weight excluding hydrogens is 319 g/mol. The summed E-state index contributed by atoms with van der Waals surface area (Å²) < 4.78 is 5.08. The molecule has 112 valence electrons. The van der Waals surface area contributed by atoms with Crippen molar-refractivity contribution in [3.8, 4) is 5.75 Å². The highest BCUT2D eigenvalue weighted by Gasteiger charge is 2.29. The van der Waals surface area contributed by atoms with Gasteiger partial charge >= 0.3 is 0 Å². The van der Waals surface area contributed by atoms with E-state index in [1.165, 1.54) is 19.2 Å². The molecule has 1 atom stereocenters. The van der Waals surface area contributed by atoms with Crippen LogP contribution in [0.5, 0.6) is 5.75 Å². The molecule has 2 rings (SSSR count). The zero-order chi connectivity index (χ0) is 15.6. The number of imide groups is 1. The van der Waals surface area contributed by atoms with Crippen LogP contribution < -0.4 is 15.4 Å². The van der Waals surface area contributed by atoms with E-state index in [9.17, 15) is 14.4 Å². The molecule has 1 aliphatic heterocycles. The van der Waals surface area contributed by atoms with E-state index in [1.807, 2.05) is 0 Å². The predicted octanol–water partition coefficient (Wildman–Crippen LogP) is 1.54. The normalized spacial score (nSPS) is 18.1. The van der Waals surface area contributed by atoms with Crippen molar-refractivity contribution in [2.75, 3.05) is 7.11 Å². The van der Waals surface area contributed by atoms with E-state index in [4.69, 9.17) is 27.9 Å². The second-order valence-corrected chi connectivity index (χ2v) is 5.26. The van der Waals surface area contributed by atoms with Crippen molar-refractivity contribution in [2.24, 2.45) is 0 Å². The number of piperidine rings is 1. The maximum absolute atomic E-state index is 12.2. The van der Waals surface area contributed by atoms with Gasteiger partial charge in [-0.1, -0.05) is 23.2 Å². The van der Waals surface area contributed by atoms with Crippen molar-refractivity contribution < 1.29 is 19.1 Å². The molecule has 0 aliphatic carbocycles. The van der Waals surface area contributed by atoms with Crippen LogP contribution in [-0.4, -0.2) is 30.9 Å². The van der Waals surface area contributed by atoms with Gasteiger partial charge in [0.1, 0.15) is 11.8 Å².